The van der Waals surface area contributed by atoms with Crippen molar-refractivity contribution >= 4 is 11.6 Å². The van der Waals surface area contributed by atoms with Crippen LogP contribution in [-0.2, 0) is 17.7 Å². The molecule has 1 aliphatic heterocycles. The van der Waals surface area contributed by atoms with Crippen LogP contribution in [0.5, 0.6) is 5.75 Å². The van der Waals surface area contributed by atoms with Crippen molar-refractivity contribution in [2.75, 3.05) is 20.3 Å². The Labute approximate surface area is 113 Å². The van der Waals surface area contributed by atoms with Gasteiger partial charge in [-0.2, -0.15) is 0 Å². The number of hydrogen-bond acceptors (Lipinski definition) is 3. The van der Waals surface area contributed by atoms with Crippen molar-refractivity contribution in [1.82, 2.24) is 5.32 Å². The summed E-state index contributed by atoms with van der Waals surface area (Å²) < 4.78 is 10.9. The molecule has 0 spiro atoms. The van der Waals surface area contributed by atoms with Crippen molar-refractivity contribution in [3.63, 3.8) is 0 Å². The molecule has 4 heteroatoms. The third-order valence-corrected chi connectivity index (χ3v) is 3.49. The summed E-state index contributed by atoms with van der Waals surface area (Å²) in [6.45, 7) is 4.40. The zero-order valence-electron chi connectivity index (χ0n) is 11.0. The van der Waals surface area contributed by atoms with Gasteiger partial charge in [-0.05, 0) is 24.1 Å². The SMILES string of the molecule is CCC(COC)NCc1cc(Cl)cc2c1OCC2. The molecule has 0 fully saturated rings. The van der Waals surface area contributed by atoms with E-state index in [4.69, 9.17) is 21.1 Å². The van der Waals surface area contributed by atoms with Gasteiger partial charge < -0.3 is 14.8 Å². The zero-order chi connectivity index (χ0) is 13.0. The molecule has 0 radical (unpaired) electrons. The van der Waals surface area contributed by atoms with Crippen molar-refractivity contribution in [2.24, 2.45) is 0 Å². The molecule has 100 valence electrons. The van der Waals surface area contributed by atoms with Crippen LogP contribution in [0.4, 0.5) is 0 Å². The topological polar surface area (TPSA) is 30.5 Å². The fourth-order valence-corrected chi connectivity index (χ4v) is 2.52. The molecule has 1 unspecified atom stereocenters. The highest BCUT2D eigenvalue weighted by Crippen LogP contribution is 2.32. The van der Waals surface area contributed by atoms with E-state index in [1.54, 1.807) is 7.11 Å². The van der Waals surface area contributed by atoms with E-state index in [0.717, 1.165) is 48.9 Å². The average Bonchev–Trinajstić information content (AvgIpc) is 2.82. The number of rotatable bonds is 6. The maximum atomic E-state index is 6.13. The van der Waals surface area contributed by atoms with E-state index >= 15 is 0 Å². The van der Waals surface area contributed by atoms with Gasteiger partial charge in [-0.3, -0.25) is 0 Å². The Kier molecular flexibility index (Phi) is 4.87. The molecule has 0 aromatic heterocycles. The van der Waals surface area contributed by atoms with Crippen molar-refractivity contribution in [3.8, 4) is 5.75 Å². The normalized spacial score (nSPS) is 15.3. The van der Waals surface area contributed by atoms with Crippen molar-refractivity contribution in [2.45, 2.75) is 32.4 Å². The molecule has 1 aliphatic rings. The summed E-state index contributed by atoms with van der Waals surface area (Å²) in [4.78, 5) is 0. The Balaban J connectivity index is 2.05. The van der Waals surface area contributed by atoms with Crippen LogP contribution in [-0.4, -0.2) is 26.4 Å². The molecule has 1 N–H and O–H groups in total. The lowest BCUT2D eigenvalue weighted by atomic mass is 10.1. The number of nitrogens with one attached hydrogen (secondary N) is 1. The highest BCUT2D eigenvalue weighted by atomic mass is 35.5. The molecule has 3 nitrogen and oxygen atoms in total. The fourth-order valence-electron chi connectivity index (χ4n) is 2.25. The van der Waals surface area contributed by atoms with Crippen LogP contribution in [0.25, 0.3) is 0 Å². The minimum Gasteiger partial charge on any atom is -0.493 e. The second kappa shape index (κ2) is 6.41. The van der Waals surface area contributed by atoms with Crippen LogP contribution < -0.4 is 10.1 Å². The second-order valence-electron chi connectivity index (χ2n) is 4.59. The van der Waals surface area contributed by atoms with Gasteiger partial charge in [-0.1, -0.05) is 18.5 Å². The Morgan fingerprint density at radius 3 is 3.06 bits per heavy atom. The number of ether oxygens (including phenoxy) is 2. The van der Waals surface area contributed by atoms with Gasteiger partial charge in [0.25, 0.3) is 0 Å². The van der Waals surface area contributed by atoms with Crippen LogP contribution in [0.2, 0.25) is 5.02 Å². The summed E-state index contributed by atoms with van der Waals surface area (Å²) in [6, 6.07) is 4.35. The summed E-state index contributed by atoms with van der Waals surface area (Å²) in [5, 5.41) is 4.27. The Morgan fingerprint density at radius 1 is 1.50 bits per heavy atom. The predicted octanol–water partition coefficient (Wildman–Crippen LogP) is 2.79. The van der Waals surface area contributed by atoms with Crippen molar-refractivity contribution < 1.29 is 9.47 Å². The van der Waals surface area contributed by atoms with E-state index < -0.39 is 0 Å². The third kappa shape index (κ3) is 3.16. The lowest BCUT2D eigenvalue weighted by molar-refractivity contribution is 0.163. The lowest BCUT2D eigenvalue weighted by Crippen LogP contribution is -2.32. The van der Waals surface area contributed by atoms with Crippen LogP contribution in [0.1, 0.15) is 24.5 Å². The van der Waals surface area contributed by atoms with Crippen LogP contribution in [0.15, 0.2) is 12.1 Å². The highest BCUT2D eigenvalue weighted by molar-refractivity contribution is 6.30. The van der Waals surface area contributed by atoms with E-state index in [9.17, 15) is 0 Å². The lowest BCUT2D eigenvalue weighted by Gasteiger charge is -2.17. The molecule has 1 aromatic carbocycles. The minimum atomic E-state index is 0.367. The standard InChI is InChI=1S/C14H20ClNO2/c1-3-13(9-17-2)16-8-11-7-12(15)6-10-4-5-18-14(10)11/h6-7,13,16H,3-5,8-9H2,1-2H3. The highest BCUT2D eigenvalue weighted by Gasteiger charge is 2.18. The van der Waals surface area contributed by atoms with Gasteiger partial charge in [0.15, 0.2) is 0 Å². The maximum absolute atomic E-state index is 6.13. The van der Waals surface area contributed by atoms with E-state index in [-0.39, 0.29) is 0 Å². The van der Waals surface area contributed by atoms with Crippen molar-refractivity contribution in [3.05, 3.63) is 28.3 Å². The molecule has 1 heterocycles. The Hall–Kier alpha value is -0.770. The maximum Gasteiger partial charge on any atom is 0.127 e. The summed E-state index contributed by atoms with van der Waals surface area (Å²) in [7, 11) is 1.73. The van der Waals surface area contributed by atoms with E-state index in [2.05, 4.69) is 12.2 Å². The first kappa shape index (κ1) is 13.7. The van der Waals surface area contributed by atoms with Gasteiger partial charge in [0, 0.05) is 36.7 Å². The minimum absolute atomic E-state index is 0.367. The van der Waals surface area contributed by atoms with E-state index in [0.29, 0.717) is 6.04 Å². The molecule has 0 saturated carbocycles. The molecular weight excluding hydrogens is 250 g/mol. The van der Waals surface area contributed by atoms with Crippen LogP contribution in [0.3, 0.4) is 0 Å². The summed E-state index contributed by atoms with van der Waals surface area (Å²) in [5.74, 6) is 1.01. The molecule has 0 bridgehead atoms. The first-order valence-electron chi connectivity index (χ1n) is 6.41. The molecule has 2 rings (SSSR count). The molecule has 1 aromatic rings. The second-order valence-corrected chi connectivity index (χ2v) is 5.03. The van der Waals surface area contributed by atoms with Crippen molar-refractivity contribution in [1.29, 1.82) is 0 Å². The Bertz CT molecular complexity index is 409. The van der Waals surface area contributed by atoms with Gasteiger partial charge in [0.1, 0.15) is 5.75 Å². The van der Waals surface area contributed by atoms with Gasteiger partial charge >= 0.3 is 0 Å². The largest absolute Gasteiger partial charge is 0.493 e. The summed E-state index contributed by atoms with van der Waals surface area (Å²) >= 11 is 6.13. The average molecular weight is 270 g/mol. The molecular formula is C14H20ClNO2. The smallest absolute Gasteiger partial charge is 0.127 e. The van der Waals surface area contributed by atoms with Gasteiger partial charge in [0.2, 0.25) is 0 Å². The first-order valence-corrected chi connectivity index (χ1v) is 6.78. The summed E-state index contributed by atoms with van der Waals surface area (Å²) in [6.07, 6.45) is 2.00. The molecule has 18 heavy (non-hydrogen) atoms. The fraction of sp³-hybridized carbons (Fsp3) is 0.571. The number of fused-ring (bicyclic) bond motifs is 1. The van der Waals surface area contributed by atoms with Gasteiger partial charge in [0.05, 0.1) is 13.2 Å². The van der Waals surface area contributed by atoms with Gasteiger partial charge in [-0.25, -0.2) is 0 Å². The first-order chi connectivity index (χ1) is 8.74. The number of benzene rings is 1. The van der Waals surface area contributed by atoms with E-state index in [1.165, 1.54) is 5.56 Å². The van der Waals surface area contributed by atoms with Crippen LogP contribution >= 0.6 is 11.6 Å². The number of halogens is 1. The van der Waals surface area contributed by atoms with Crippen LogP contribution in [0, 0.1) is 0 Å². The molecule has 1 atom stereocenters. The Morgan fingerprint density at radius 2 is 2.33 bits per heavy atom. The monoisotopic (exact) mass is 269 g/mol. The predicted molar refractivity (Wildman–Crippen MR) is 73.4 cm³/mol. The van der Waals surface area contributed by atoms with Gasteiger partial charge in [-0.15, -0.1) is 0 Å². The molecule has 0 aliphatic carbocycles. The zero-order valence-corrected chi connectivity index (χ0v) is 11.7. The van der Waals surface area contributed by atoms with E-state index in [1.807, 2.05) is 12.1 Å². The quantitative estimate of drug-likeness (QED) is 0.861. The number of hydrogen-bond donors (Lipinski definition) is 1. The summed E-state index contributed by atoms with van der Waals surface area (Å²) in [5.41, 5.74) is 2.36. The molecule has 0 saturated heterocycles. The molecule has 0 amide bonds. The number of methoxy groups -OCH3 is 1. The third-order valence-electron chi connectivity index (χ3n) is 3.27.